The number of halogens is 1. The Morgan fingerprint density at radius 3 is 2.71 bits per heavy atom. The van der Waals surface area contributed by atoms with Gasteiger partial charge in [0.2, 0.25) is 5.82 Å². The molecule has 0 fully saturated rings. The minimum Gasteiger partial charge on any atom is -0.456 e. The summed E-state index contributed by atoms with van der Waals surface area (Å²) in [4.78, 5) is 10.5. The van der Waals surface area contributed by atoms with E-state index >= 15 is 0 Å². The second kappa shape index (κ2) is 6.24. The molecule has 21 heavy (non-hydrogen) atoms. The first-order chi connectivity index (χ1) is 10.1. The normalized spacial score (nSPS) is 9.95. The molecule has 2 rings (SSSR count). The van der Waals surface area contributed by atoms with Crippen molar-refractivity contribution in [1.82, 2.24) is 0 Å². The molecular formula is C14H9FN2O3S. The van der Waals surface area contributed by atoms with Gasteiger partial charge in [-0.3, -0.25) is 10.1 Å². The fourth-order valence-electron chi connectivity index (χ4n) is 1.70. The maximum atomic E-state index is 13.5. The van der Waals surface area contributed by atoms with Crippen LogP contribution in [0.4, 0.5) is 10.1 Å². The number of hydrogen-bond donors (Lipinski definition) is 0. The fourth-order valence-corrected chi connectivity index (χ4v) is 2.27. The number of nitro groups is 1. The predicted molar refractivity (Wildman–Crippen MR) is 76.1 cm³/mol. The van der Waals surface area contributed by atoms with Crippen molar-refractivity contribution in [3.8, 4) is 17.6 Å². The van der Waals surface area contributed by atoms with Crippen LogP contribution in [0.2, 0.25) is 0 Å². The number of ether oxygens (including phenoxy) is 1. The van der Waals surface area contributed by atoms with E-state index in [2.05, 4.69) is 0 Å². The highest BCUT2D eigenvalue weighted by atomic mass is 32.2. The lowest BCUT2D eigenvalue weighted by atomic mass is 10.2. The Morgan fingerprint density at radius 1 is 1.38 bits per heavy atom. The Hall–Kier alpha value is -2.59. The van der Waals surface area contributed by atoms with Gasteiger partial charge in [0, 0.05) is 17.0 Å². The van der Waals surface area contributed by atoms with Gasteiger partial charge < -0.3 is 4.74 Å². The van der Waals surface area contributed by atoms with Gasteiger partial charge in [-0.1, -0.05) is 6.07 Å². The van der Waals surface area contributed by atoms with E-state index in [1.54, 1.807) is 18.2 Å². The summed E-state index contributed by atoms with van der Waals surface area (Å²) in [6, 6.07) is 10.3. The van der Waals surface area contributed by atoms with Crippen molar-refractivity contribution in [3.05, 3.63) is 57.9 Å². The fraction of sp³-hybridized carbons (Fsp3) is 0.0714. The zero-order chi connectivity index (χ0) is 15.4. The molecule has 2 aromatic rings. The van der Waals surface area contributed by atoms with Gasteiger partial charge in [0.05, 0.1) is 4.92 Å². The Balaban J connectivity index is 2.37. The molecular weight excluding hydrogens is 295 g/mol. The van der Waals surface area contributed by atoms with Gasteiger partial charge in [-0.15, -0.1) is 11.8 Å². The third-order valence-electron chi connectivity index (χ3n) is 2.66. The van der Waals surface area contributed by atoms with Crippen LogP contribution >= 0.6 is 11.8 Å². The first-order valence-electron chi connectivity index (χ1n) is 5.75. The van der Waals surface area contributed by atoms with Gasteiger partial charge in [0.15, 0.2) is 0 Å². The summed E-state index contributed by atoms with van der Waals surface area (Å²) in [7, 11) is 0. The minimum atomic E-state index is -0.989. The van der Waals surface area contributed by atoms with Crippen molar-refractivity contribution < 1.29 is 14.1 Å². The molecule has 0 unspecified atom stereocenters. The Bertz CT molecular complexity index is 743. The third-order valence-corrected chi connectivity index (χ3v) is 3.44. The average molecular weight is 304 g/mol. The second-order valence-electron chi connectivity index (χ2n) is 3.92. The van der Waals surface area contributed by atoms with Crippen LogP contribution in [0.15, 0.2) is 41.3 Å². The SMILES string of the molecule is CSc1cccc(Oc2ccc([N+](=O)[O-])c(F)c2)c1C#N. The van der Waals surface area contributed by atoms with E-state index in [1.807, 2.05) is 12.3 Å². The highest BCUT2D eigenvalue weighted by Gasteiger charge is 2.16. The molecule has 0 heterocycles. The number of thioether (sulfide) groups is 1. The van der Waals surface area contributed by atoms with E-state index < -0.39 is 16.4 Å². The van der Waals surface area contributed by atoms with Crippen LogP contribution < -0.4 is 4.74 Å². The molecule has 0 atom stereocenters. The van der Waals surface area contributed by atoms with E-state index in [0.717, 1.165) is 17.0 Å². The summed E-state index contributed by atoms with van der Waals surface area (Å²) in [6.07, 6.45) is 1.82. The largest absolute Gasteiger partial charge is 0.456 e. The summed E-state index contributed by atoms with van der Waals surface area (Å²) < 4.78 is 19.0. The van der Waals surface area contributed by atoms with Crippen molar-refractivity contribution in [3.63, 3.8) is 0 Å². The number of nitro benzene ring substituents is 1. The van der Waals surface area contributed by atoms with E-state index in [0.29, 0.717) is 5.56 Å². The standard InChI is InChI=1S/C14H9FN2O3S/c1-21-14-4-2-3-13(10(14)8-16)20-9-5-6-12(17(18)19)11(15)7-9/h2-7H,1H3. The van der Waals surface area contributed by atoms with E-state index in [-0.39, 0.29) is 11.5 Å². The molecule has 0 aliphatic rings. The molecule has 5 nitrogen and oxygen atoms in total. The van der Waals surface area contributed by atoms with E-state index in [1.165, 1.54) is 17.8 Å². The minimum absolute atomic E-state index is 0.0906. The summed E-state index contributed by atoms with van der Waals surface area (Å²) in [5.74, 6) is -0.623. The van der Waals surface area contributed by atoms with Gasteiger partial charge >= 0.3 is 5.69 Å². The topological polar surface area (TPSA) is 76.2 Å². The number of nitriles is 1. The average Bonchev–Trinajstić information content (AvgIpc) is 2.46. The molecule has 0 saturated heterocycles. The molecule has 0 amide bonds. The van der Waals surface area contributed by atoms with Crippen molar-refractivity contribution in [2.75, 3.05) is 6.26 Å². The molecule has 0 radical (unpaired) electrons. The highest BCUT2D eigenvalue weighted by molar-refractivity contribution is 7.98. The van der Waals surface area contributed by atoms with E-state index in [9.17, 15) is 19.8 Å². The maximum absolute atomic E-state index is 13.5. The van der Waals surface area contributed by atoms with Gasteiger partial charge in [-0.2, -0.15) is 9.65 Å². The summed E-state index contributed by atoms with van der Waals surface area (Å²) in [6.45, 7) is 0. The van der Waals surface area contributed by atoms with Crippen LogP contribution in [0.3, 0.4) is 0 Å². The molecule has 0 aliphatic heterocycles. The Morgan fingerprint density at radius 2 is 2.14 bits per heavy atom. The van der Waals surface area contributed by atoms with Crippen LogP contribution in [0.5, 0.6) is 11.5 Å². The van der Waals surface area contributed by atoms with Crippen LogP contribution in [-0.4, -0.2) is 11.2 Å². The maximum Gasteiger partial charge on any atom is 0.305 e. The molecule has 0 aromatic heterocycles. The third kappa shape index (κ3) is 3.12. The second-order valence-corrected chi connectivity index (χ2v) is 4.77. The summed E-state index contributed by atoms with van der Waals surface area (Å²) in [5, 5.41) is 19.7. The van der Waals surface area contributed by atoms with Gasteiger partial charge in [-0.25, -0.2) is 0 Å². The Kier molecular flexibility index (Phi) is 4.40. The summed E-state index contributed by atoms with van der Waals surface area (Å²) >= 11 is 1.39. The van der Waals surface area contributed by atoms with Crippen molar-refractivity contribution in [2.24, 2.45) is 0 Å². The van der Waals surface area contributed by atoms with Crippen molar-refractivity contribution in [2.45, 2.75) is 4.90 Å². The smallest absolute Gasteiger partial charge is 0.305 e. The molecule has 0 spiro atoms. The number of hydrogen-bond acceptors (Lipinski definition) is 5. The Labute approximate surface area is 124 Å². The molecule has 0 saturated carbocycles. The predicted octanol–water partition coefficient (Wildman–Crippen LogP) is 4.12. The van der Waals surface area contributed by atoms with Gasteiger partial charge in [0.25, 0.3) is 0 Å². The highest BCUT2D eigenvalue weighted by Crippen LogP contribution is 2.32. The molecule has 0 aliphatic carbocycles. The lowest BCUT2D eigenvalue weighted by Crippen LogP contribution is -1.94. The van der Waals surface area contributed by atoms with Crippen LogP contribution in [0.1, 0.15) is 5.56 Å². The first kappa shape index (κ1) is 14.8. The zero-order valence-corrected chi connectivity index (χ0v) is 11.7. The van der Waals surface area contributed by atoms with Crippen molar-refractivity contribution in [1.29, 1.82) is 5.26 Å². The number of benzene rings is 2. The van der Waals surface area contributed by atoms with E-state index in [4.69, 9.17) is 4.74 Å². The molecule has 2 aromatic carbocycles. The lowest BCUT2D eigenvalue weighted by molar-refractivity contribution is -0.387. The molecule has 0 bridgehead atoms. The number of nitrogens with zero attached hydrogens (tertiary/aromatic N) is 2. The number of rotatable bonds is 4. The lowest BCUT2D eigenvalue weighted by Gasteiger charge is -2.09. The molecule has 7 heteroatoms. The molecule has 0 N–H and O–H groups in total. The molecule has 106 valence electrons. The van der Waals surface area contributed by atoms with Crippen molar-refractivity contribution >= 4 is 17.4 Å². The zero-order valence-electron chi connectivity index (χ0n) is 10.9. The summed E-state index contributed by atoms with van der Waals surface area (Å²) in [5.41, 5.74) is -0.288. The van der Waals surface area contributed by atoms with Crippen LogP contribution in [-0.2, 0) is 0 Å². The van der Waals surface area contributed by atoms with Gasteiger partial charge in [0.1, 0.15) is 23.1 Å². The van der Waals surface area contributed by atoms with Crippen LogP contribution in [0.25, 0.3) is 0 Å². The first-order valence-corrected chi connectivity index (χ1v) is 6.98. The van der Waals surface area contributed by atoms with Crippen LogP contribution in [0, 0.1) is 27.3 Å². The van der Waals surface area contributed by atoms with Gasteiger partial charge in [-0.05, 0) is 24.5 Å². The monoisotopic (exact) mass is 304 g/mol. The quantitative estimate of drug-likeness (QED) is 0.482.